The maximum atomic E-state index is 11.7. The van der Waals surface area contributed by atoms with Crippen molar-refractivity contribution in [1.82, 2.24) is 0 Å². The number of piperidine rings is 1. The molecular weight excluding hydrogens is 292 g/mol. The van der Waals surface area contributed by atoms with Gasteiger partial charge in [0.25, 0.3) is 10.9 Å². The summed E-state index contributed by atoms with van der Waals surface area (Å²) in [7, 11) is 0. The quantitative estimate of drug-likeness (QED) is 0.485. The van der Waals surface area contributed by atoms with E-state index in [0.29, 0.717) is 22.2 Å². The summed E-state index contributed by atoms with van der Waals surface area (Å²) in [5.41, 5.74) is 1.98. The summed E-state index contributed by atoms with van der Waals surface area (Å²) in [4.78, 5) is 24.4. The number of hydrogen-bond donors (Lipinski definition) is 0. The van der Waals surface area contributed by atoms with Crippen LogP contribution in [0.3, 0.4) is 0 Å². The van der Waals surface area contributed by atoms with Crippen LogP contribution in [-0.2, 0) is 0 Å². The Balaban J connectivity index is 1.96. The fraction of sp³-hybridized carbons (Fsp3) is 0.533. The van der Waals surface area contributed by atoms with E-state index in [9.17, 15) is 14.9 Å². The summed E-state index contributed by atoms with van der Waals surface area (Å²) in [6.07, 6.45) is 4.75. The van der Waals surface area contributed by atoms with E-state index in [1.165, 1.54) is 25.0 Å². The number of benzene rings is 1. The highest BCUT2D eigenvalue weighted by molar-refractivity contribution is 6.68. The molecule has 0 unspecified atom stereocenters. The molecule has 112 valence electrons. The van der Waals surface area contributed by atoms with E-state index in [-0.39, 0.29) is 5.69 Å². The molecule has 1 spiro atoms. The van der Waals surface area contributed by atoms with E-state index < -0.39 is 10.2 Å². The highest BCUT2D eigenvalue weighted by Gasteiger charge is 2.44. The molecule has 1 aromatic rings. The van der Waals surface area contributed by atoms with E-state index in [4.69, 9.17) is 11.6 Å². The van der Waals surface area contributed by atoms with Crippen LogP contribution in [0.4, 0.5) is 11.4 Å². The molecule has 3 rings (SSSR count). The van der Waals surface area contributed by atoms with Gasteiger partial charge in [-0.2, -0.15) is 0 Å². The Bertz CT molecular complexity index is 616. The minimum absolute atomic E-state index is 0.0402. The number of carbonyl (C=O) groups is 1. The Hall–Kier alpha value is -1.62. The first-order chi connectivity index (χ1) is 9.92. The van der Waals surface area contributed by atoms with Crippen molar-refractivity contribution in [3.05, 3.63) is 33.4 Å². The van der Waals surface area contributed by atoms with Gasteiger partial charge in [-0.3, -0.25) is 14.9 Å². The van der Waals surface area contributed by atoms with Crippen molar-refractivity contribution in [2.75, 3.05) is 18.0 Å². The van der Waals surface area contributed by atoms with E-state index in [2.05, 4.69) is 4.90 Å². The van der Waals surface area contributed by atoms with Crippen molar-refractivity contribution < 1.29 is 9.72 Å². The van der Waals surface area contributed by atoms with Crippen LogP contribution in [-0.4, -0.2) is 23.3 Å². The highest BCUT2D eigenvalue weighted by atomic mass is 35.5. The lowest BCUT2D eigenvalue weighted by Crippen LogP contribution is -2.35. The predicted molar refractivity (Wildman–Crippen MR) is 81.1 cm³/mol. The van der Waals surface area contributed by atoms with Crippen LogP contribution in [0.5, 0.6) is 0 Å². The first-order valence-corrected chi connectivity index (χ1v) is 7.53. The average Bonchev–Trinajstić information content (AvgIpc) is 3.18. The third-order valence-electron chi connectivity index (χ3n) is 4.84. The summed E-state index contributed by atoms with van der Waals surface area (Å²) in [5, 5.41) is 10.6. The molecule has 1 saturated heterocycles. The van der Waals surface area contributed by atoms with Crippen LogP contribution in [0, 0.1) is 22.5 Å². The number of nitro benzene ring substituents is 1. The molecule has 1 aromatic carbocycles. The zero-order chi connectivity index (χ0) is 15.2. The fourth-order valence-corrected chi connectivity index (χ4v) is 3.35. The highest BCUT2D eigenvalue weighted by Crippen LogP contribution is 2.54. The number of hydrogen-bond acceptors (Lipinski definition) is 4. The second-order valence-corrected chi connectivity index (χ2v) is 6.52. The second kappa shape index (κ2) is 4.98. The first kappa shape index (κ1) is 14.3. The molecule has 0 bridgehead atoms. The molecule has 1 aliphatic carbocycles. The Morgan fingerprint density at radius 2 is 1.90 bits per heavy atom. The molecule has 1 saturated carbocycles. The lowest BCUT2D eigenvalue weighted by molar-refractivity contribution is -0.385. The zero-order valence-electron chi connectivity index (χ0n) is 11.9. The van der Waals surface area contributed by atoms with Gasteiger partial charge in [-0.15, -0.1) is 0 Å². The van der Waals surface area contributed by atoms with Gasteiger partial charge in [-0.25, -0.2) is 0 Å². The van der Waals surface area contributed by atoms with E-state index in [1.54, 1.807) is 6.92 Å². The van der Waals surface area contributed by atoms with Gasteiger partial charge in [0, 0.05) is 24.7 Å². The average molecular weight is 309 g/mol. The Morgan fingerprint density at radius 3 is 2.38 bits per heavy atom. The third-order valence-corrected chi connectivity index (χ3v) is 5.05. The largest absolute Gasteiger partial charge is 0.371 e. The Morgan fingerprint density at radius 1 is 1.29 bits per heavy atom. The molecule has 5 nitrogen and oxygen atoms in total. The minimum atomic E-state index is -0.560. The van der Waals surface area contributed by atoms with Crippen molar-refractivity contribution in [3.63, 3.8) is 0 Å². The van der Waals surface area contributed by atoms with Crippen LogP contribution in [0.15, 0.2) is 12.1 Å². The summed E-state index contributed by atoms with van der Waals surface area (Å²) >= 11 is 5.66. The van der Waals surface area contributed by atoms with Crippen LogP contribution >= 0.6 is 11.6 Å². The fourth-order valence-electron chi connectivity index (χ4n) is 3.20. The number of anilines is 1. The number of rotatable bonds is 3. The molecule has 0 N–H and O–H groups in total. The minimum Gasteiger partial charge on any atom is -0.371 e. The molecule has 21 heavy (non-hydrogen) atoms. The van der Waals surface area contributed by atoms with Gasteiger partial charge in [-0.1, -0.05) is 0 Å². The van der Waals surface area contributed by atoms with Gasteiger partial charge >= 0.3 is 0 Å². The summed E-state index contributed by atoms with van der Waals surface area (Å²) < 4.78 is 0. The topological polar surface area (TPSA) is 63.5 Å². The Kier molecular flexibility index (Phi) is 3.40. The van der Waals surface area contributed by atoms with E-state index in [0.717, 1.165) is 25.9 Å². The lowest BCUT2D eigenvalue weighted by Gasteiger charge is -2.34. The normalized spacial score (nSPS) is 19.6. The van der Waals surface area contributed by atoms with Crippen molar-refractivity contribution in [2.24, 2.45) is 5.41 Å². The van der Waals surface area contributed by atoms with Crippen molar-refractivity contribution in [3.8, 4) is 0 Å². The maximum absolute atomic E-state index is 11.7. The van der Waals surface area contributed by atoms with E-state index >= 15 is 0 Å². The number of nitro groups is 1. The molecule has 1 aliphatic heterocycles. The van der Waals surface area contributed by atoms with Gasteiger partial charge in [0.1, 0.15) is 0 Å². The van der Waals surface area contributed by atoms with Gasteiger partial charge in [0.2, 0.25) is 0 Å². The molecule has 0 amide bonds. The smallest absolute Gasteiger partial charge is 0.274 e. The maximum Gasteiger partial charge on any atom is 0.274 e. The van der Waals surface area contributed by atoms with Crippen molar-refractivity contribution in [1.29, 1.82) is 0 Å². The SMILES string of the molecule is Cc1cc(C(=O)Cl)c(N2CCC3(CC2)CC3)cc1[N+](=O)[O-]. The van der Waals surface area contributed by atoms with Crippen LogP contribution in [0.2, 0.25) is 0 Å². The summed E-state index contributed by atoms with van der Waals surface area (Å²) in [6, 6.07) is 3.03. The number of carbonyl (C=O) groups excluding carboxylic acids is 1. The first-order valence-electron chi connectivity index (χ1n) is 7.16. The molecule has 2 aliphatic rings. The lowest BCUT2D eigenvalue weighted by atomic mass is 9.93. The molecular formula is C15H17ClN2O3. The number of nitrogens with zero attached hydrogens (tertiary/aromatic N) is 2. The van der Waals surface area contributed by atoms with Crippen molar-refractivity contribution in [2.45, 2.75) is 32.6 Å². The van der Waals surface area contributed by atoms with Crippen LogP contribution in [0.1, 0.15) is 41.6 Å². The molecule has 2 fully saturated rings. The third kappa shape index (κ3) is 2.62. The van der Waals surface area contributed by atoms with Crippen LogP contribution in [0.25, 0.3) is 0 Å². The number of halogens is 1. The molecule has 0 radical (unpaired) electrons. The van der Waals surface area contributed by atoms with E-state index in [1.807, 2.05) is 0 Å². The zero-order valence-corrected chi connectivity index (χ0v) is 12.7. The van der Waals surface area contributed by atoms with Crippen LogP contribution < -0.4 is 4.90 Å². The van der Waals surface area contributed by atoms with Crippen molar-refractivity contribution >= 4 is 28.2 Å². The summed E-state index contributed by atoms with van der Waals surface area (Å²) in [5.74, 6) is 0. The van der Waals surface area contributed by atoms with Gasteiger partial charge in [-0.05, 0) is 55.7 Å². The second-order valence-electron chi connectivity index (χ2n) is 6.17. The monoisotopic (exact) mass is 308 g/mol. The summed E-state index contributed by atoms with van der Waals surface area (Å²) in [6.45, 7) is 3.29. The number of aryl methyl sites for hydroxylation is 1. The predicted octanol–water partition coefficient (Wildman–Crippen LogP) is 3.66. The van der Waals surface area contributed by atoms with Gasteiger partial charge in [0.05, 0.1) is 16.2 Å². The molecule has 6 heteroatoms. The molecule has 1 heterocycles. The van der Waals surface area contributed by atoms with Gasteiger partial charge in [0.15, 0.2) is 0 Å². The van der Waals surface area contributed by atoms with Gasteiger partial charge < -0.3 is 4.90 Å². The standard InChI is InChI=1S/C15H17ClN2O3/c1-10-8-11(14(16)19)13(9-12(10)18(20)21)17-6-4-15(2-3-15)5-7-17/h8-9H,2-7H2,1H3. The molecule has 0 aromatic heterocycles. The Labute approximate surface area is 128 Å². The molecule has 0 atom stereocenters.